The predicted octanol–water partition coefficient (Wildman–Crippen LogP) is 5.49. The number of rotatable bonds is 6. The van der Waals surface area contributed by atoms with Crippen LogP contribution in [0.25, 0.3) is 11.1 Å². The van der Waals surface area contributed by atoms with E-state index in [9.17, 15) is 0 Å². The molecule has 0 atom stereocenters. The second kappa shape index (κ2) is 7.35. The minimum atomic E-state index is 0.127. The second-order valence-electron chi connectivity index (χ2n) is 5.97. The molecule has 0 N–H and O–H groups in total. The number of hydrogen-bond acceptors (Lipinski definition) is 2. The van der Waals surface area contributed by atoms with E-state index in [0.29, 0.717) is 0 Å². The third-order valence-corrected chi connectivity index (χ3v) is 3.38. The summed E-state index contributed by atoms with van der Waals surface area (Å²) in [5, 5.41) is 0. The van der Waals surface area contributed by atoms with Gasteiger partial charge in [-0.15, -0.1) is 0 Å². The summed E-state index contributed by atoms with van der Waals surface area (Å²) in [6.45, 7) is 10.4. The van der Waals surface area contributed by atoms with Gasteiger partial charge in [-0.1, -0.05) is 37.3 Å². The van der Waals surface area contributed by atoms with Crippen molar-refractivity contribution in [1.82, 2.24) is 0 Å². The zero-order chi connectivity index (χ0) is 16.1. The van der Waals surface area contributed by atoms with Crippen LogP contribution in [0.1, 0.15) is 40.2 Å². The molecule has 0 heterocycles. The summed E-state index contributed by atoms with van der Waals surface area (Å²) >= 11 is 0. The molecule has 0 unspecified atom stereocenters. The van der Waals surface area contributed by atoms with E-state index >= 15 is 0 Å². The lowest BCUT2D eigenvalue weighted by Crippen LogP contribution is -2.10. The lowest BCUT2D eigenvalue weighted by Gasteiger charge is -2.21. The molecule has 0 aromatic heterocycles. The van der Waals surface area contributed by atoms with Gasteiger partial charge in [-0.25, -0.2) is 0 Å². The van der Waals surface area contributed by atoms with Gasteiger partial charge in [0, 0.05) is 0 Å². The topological polar surface area (TPSA) is 18.5 Å². The molecule has 0 spiro atoms. The Hall–Kier alpha value is -1.96. The van der Waals surface area contributed by atoms with Gasteiger partial charge in [-0.2, -0.15) is 0 Å². The monoisotopic (exact) mass is 298 g/mol. The largest absolute Gasteiger partial charge is 0.490 e. The minimum absolute atomic E-state index is 0.127. The van der Waals surface area contributed by atoms with E-state index in [2.05, 4.69) is 31.2 Å². The van der Waals surface area contributed by atoms with E-state index < -0.39 is 0 Å². The Morgan fingerprint density at radius 3 is 1.82 bits per heavy atom. The maximum atomic E-state index is 6.04. The van der Waals surface area contributed by atoms with E-state index in [4.69, 9.17) is 9.47 Å². The zero-order valence-electron chi connectivity index (χ0n) is 14.2. The van der Waals surface area contributed by atoms with Crippen molar-refractivity contribution in [3.63, 3.8) is 0 Å². The molecule has 22 heavy (non-hydrogen) atoms. The van der Waals surface area contributed by atoms with Gasteiger partial charge in [0.25, 0.3) is 0 Å². The van der Waals surface area contributed by atoms with Crippen molar-refractivity contribution in [2.24, 2.45) is 0 Å². The average molecular weight is 298 g/mol. The van der Waals surface area contributed by atoms with Crippen molar-refractivity contribution in [3.8, 4) is 22.6 Å². The number of hydrogen-bond donors (Lipinski definition) is 0. The van der Waals surface area contributed by atoms with Crippen LogP contribution in [0.3, 0.4) is 0 Å². The van der Waals surface area contributed by atoms with Crippen LogP contribution in [0, 0.1) is 0 Å². The van der Waals surface area contributed by atoms with Gasteiger partial charge in [0.15, 0.2) is 0 Å². The van der Waals surface area contributed by atoms with E-state index in [1.807, 2.05) is 45.9 Å². The molecule has 0 bridgehead atoms. The maximum Gasteiger partial charge on any atom is 0.131 e. The molecule has 2 heteroatoms. The van der Waals surface area contributed by atoms with Gasteiger partial charge >= 0.3 is 0 Å². The molecule has 2 aromatic rings. The van der Waals surface area contributed by atoms with Crippen LogP contribution in [0.4, 0.5) is 0 Å². The number of benzene rings is 2. The summed E-state index contributed by atoms with van der Waals surface area (Å²) in [5.41, 5.74) is 3.55. The fourth-order valence-electron chi connectivity index (χ4n) is 2.55. The van der Waals surface area contributed by atoms with Gasteiger partial charge in [0.2, 0.25) is 0 Å². The molecule has 0 radical (unpaired) electrons. The molecule has 0 aliphatic rings. The summed E-state index contributed by atoms with van der Waals surface area (Å²) < 4.78 is 12.1. The minimum Gasteiger partial charge on any atom is -0.490 e. The van der Waals surface area contributed by atoms with E-state index in [0.717, 1.165) is 23.5 Å². The fourth-order valence-corrected chi connectivity index (χ4v) is 2.55. The van der Waals surface area contributed by atoms with Gasteiger partial charge in [-0.3, -0.25) is 0 Å². The van der Waals surface area contributed by atoms with Crippen molar-refractivity contribution in [2.45, 2.75) is 53.2 Å². The molecule has 2 nitrogen and oxygen atoms in total. The van der Waals surface area contributed by atoms with Crippen molar-refractivity contribution in [2.75, 3.05) is 0 Å². The first-order chi connectivity index (χ1) is 10.5. The fraction of sp³-hybridized carbons (Fsp3) is 0.400. The van der Waals surface area contributed by atoms with E-state index in [1.165, 1.54) is 11.1 Å². The first kappa shape index (κ1) is 16.4. The Kier molecular flexibility index (Phi) is 5.48. The molecule has 2 rings (SSSR count). The van der Waals surface area contributed by atoms with Crippen LogP contribution in [-0.2, 0) is 6.42 Å². The first-order valence-electron chi connectivity index (χ1n) is 8.07. The first-order valence-corrected chi connectivity index (χ1v) is 8.07. The Balaban J connectivity index is 2.63. The van der Waals surface area contributed by atoms with Crippen LogP contribution < -0.4 is 9.47 Å². The molecule has 2 aromatic carbocycles. The SMILES string of the molecule is CCc1ccccc1-c1c(OC(C)C)cccc1OC(C)C. The standard InChI is InChI=1S/C20H26O2/c1-6-16-10-7-8-11-17(16)20-18(21-14(2)3)12-9-13-19(20)22-15(4)5/h7-15H,6H2,1-5H3. The highest BCUT2D eigenvalue weighted by atomic mass is 16.5. The van der Waals surface area contributed by atoms with Crippen molar-refractivity contribution in [1.29, 1.82) is 0 Å². The molecule has 0 aliphatic heterocycles. The van der Waals surface area contributed by atoms with Gasteiger partial charge in [0.1, 0.15) is 11.5 Å². The Bertz CT molecular complexity index is 587. The van der Waals surface area contributed by atoms with Gasteiger partial charge < -0.3 is 9.47 Å². The normalized spacial score (nSPS) is 11.0. The van der Waals surface area contributed by atoms with E-state index in [-0.39, 0.29) is 12.2 Å². The number of ether oxygens (including phenoxy) is 2. The Labute approximate surface area is 134 Å². The summed E-state index contributed by atoms with van der Waals surface area (Å²) in [5.74, 6) is 1.77. The number of aryl methyl sites for hydroxylation is 1. The summed E-state index contributed by atoms with van der Waals surface area (Å²) in [4.78, 5) is 0. The predicted molar refractivity (Wildman–Crippen MR) is 92.8 cm³/mol. The highest BCUT2D eigenvalue weighted by Gasteiger charge is 2.17. The zero-order valence-corrected chi connectivity index (χ0v) is 14.2. The molecule has 0 saturated carbocycles. The van der Waals surface area contributed by atoms with Crippen LogP contribution >= 0.6 is 0 Å². The summed E-state index contributed by atoms with van der Waals surface area (Å²) in [7, 11) is 0. The maximum absolute atomic E-state index is 6.04. The highest BCUT2D eigenvalue weighted by Crippen LogP contribution is 2.41. The van der Waals surface area contributed by atoms with Gasteiger partial charge in [-0.05, 0) is 57.4 Å². The Morgan fingerprint density at radius 2 is 1.32 bits per heavy atom. The van der Waals surface area contributed by atoms with E-state index in [1.54, 1.807) is 0 Å². The average Bonchev–Trinajstić information content (AvgIpc) is 2.46. The third kappa shape index (κ3) is 3.82. The van der Waals surface area contributed by atoms with Crippen molar-refractivity contribution >= 4 is 0 Å². The molecule has 0 saturated heterocycles. The van der Waals surface area contributed by atoms with Gasteiger partial charge in [0.05, 0.1) is 17.8 Å². The molecular formula is C20H26O2. The molecule has 0 fully saturated rings. The van der Waals surface area contributed by atoms with Crippen molar-refractivity contribution in [3.05, 3.63) is 48.0 Å². The lowest BCUT2D eigenvalue weighted by atomic mass is 9.96. The smallest absolute Gasteiger partial charge is 0.131 e. The molecule has 118 valence electrons. The van der Waals surface area contributed by atoms with Crippen LogP contribution in [-0.4, -0.2) is 12.2 Å². The van der Waals surface area contributed by atoms with Crippen LogP contribution in [0.15, 0.2) is 42.5 Å². The molecular weight excluding hydrogens is 272 g/mol. The van der Waals surface area contributed by atoms with Crippen molar-refractivity contribution < 1.29 is 9.47 Å². The molecule has 0 aliphatic carbocycles. The van der Waals surface area contributed by atoms with Crippen LogP contribution in [0.5, 0.6) is 11.5 Å². The third-order valence-electron chi connectivity index (χ3n) is 3.38. The highest BCUT2D eigenvalue weighted by molar-refractivity contribution is 5.79. The summed E-state index contributed by atoms with van der Waals surface area (Å²) in [6, 6.07) is 14.5. The lowest BCUT2D eigenvalue weighted by molar-refractivity contribution is 0.231. The summed E-state index contributed by atoms with van der Waals surface area (Å²) in [6.07, 6.45) is 1.23. The van der Waals surface area contributed by atoms with Crippen LogP contribution in [0.2, 0.25) is 0 Å². The Morgan fingerprint density at radius 1 is 0.773 bits per heavy atom. The quantitative estimate of drug-likeness (QED) is 0.702. The molecule has 0 amide bonds. The second-order valence-corrected chi connectivity index (χ2v) is 5.97.